The second kappa shape index (κ2) is 7.20. The Kier molecular flexibility index (Phi) is 5.88. The molecule has 0 saturated carbocycles. The second-order valence-electron chi connectivity index (χ2n) is 5.78. The molecular formula is C16H22FNO3. The molecule has 0 aromatic heterocycles. The molecular weight excluding hydrogens is 273 g/mol. The van der Waals surface area contributed by atoms with Crippen LogP contribution in [-0.4, -0.2) is 23.5 Å². The standard InChI is InChI=1S/C16H22FNO3/c1-11(2)16(3,15(20)21)10-14(19)18-9-8-12-4-6-13(17)7-5-12/h4-7,11H,8-10H2,1-3H3,(H,18,19)(H,20,21). The van der Waals surface area contributed by atoms with Crippen molar-refractivity contribution < 1.29 is 19.1 Å². The average Bonchev–Trinajstić information content (AvgIpc) is 2.40. The van der Waals surface area contributed by atoms with Crippen LogP contribution in [0.15, 0.2) is 24.3 Å². The van der Waals surface area contributed by atoms with Crippen LogP contribution in [0.3, 0.4) is 0 Å². The molecule has 0 aliphatic carbocycles. The second-order valence-corrected chi connectivity index (χ2v) is 5.78. The van der Waals surface area contributed by atoms with Crippen molar-refractivity contribution in [2.24, 2.45) is 11.3 Å². The fourth-order valence-corrected chi connectivity index (χ4v) is 1.92. The Balaban J connectivity index is 2.47. The first kappa shape index (κ1) is 17.1. The molecule has 2 N–H and O–H groups in total. The molecule has 1 atom stereocenters. The molecule has 1 rings (SSSR count). The number of hydrogen-bond acceptors (Lipinski definition) is 2. The summed E-state index contributed by atoms with van der Waals surface area (Å²) in [7, 11) is 0. The molecule has 0 aliphatic heterocycles. The fourth-order valence-electron chi connectivity index (χ4n) is 1.92. The van der Waals surface area contributed by atoms with Crippen molar-refractivity contribution in [1.29, 1.82) is 0 Å². The van der Waals surface area contributed by atoms with Gasteiger partial charge in [0, 0.05) is 13.0 Å². The van der Waals surface area contributed by atoms with Crippen LogP contribution in [0.4, 0.5) is 4.39 Å². The normalized spacial score (nSPS) is 13.8. The lowest BCUT2D eigenvalue weighted by molar-refractivity contribution is -0.153. The van der Waals surface area contributed by atoms with Crippen molar-refractivity contribution in [2.75, 3.05) is 6.54 Å². The van der Waals surface area contributed by atoms with Gasteiger partial charge < -0.3 is 10.4 Å². The summed E-state index contributed by atoms with van der Waals surface area (Å²) < 4.78 is 12.7. The Morgan fingerprint density at radius 2 is 1.86 bits per heavy atom. The van der Waals surface area contributed by atoms with Gasteiger partial charge in [0.1, 0.15) is 5.82 Å². The van der Waals surface area contributed by atoms with Crippen LogP contribution in [0.5, 0.6) is 0 Å². The van der Waals surface area contributed by atoms with Gasteiger partial charge in [-0.15, -0.1) is 0 Å². The summed E-state index contributed by atoms with van der Waals surface area (Å²) in [4.78, 5) is 23.2. The first-order valence-corrected chi connectivity index (χ1v) is 7.00. The van der Waals surface area contributed by atoms with Gasteiger partial charge in [-0.3, -0.25) is 9.59 Å². The van der Waals surface area contributed by atoms with E-state index < -0.39 is 11.4 Å². The van der Waals surface area contributed by atoms with Gasteiger partial charge in [-0.25, -0.2) is 4.39 Å². The Morgan fingerprint density at radius 1 is 1.29 bits per heavy atom. The third kappa shape index (κ3) is 4.85. The number of nitrogens with one attached hydrogen (secondary N) is 1. The fraction of sp³-hybridized carbons (Fsp3) is 0.500. The van der Waals surface area contributed by atoms with Crippen molar-refractivity contribution in [3.05, 3.63) is 35.6 Å². The molecule has 0 bridgehead atoms. The van der Waals surface area contributed by atoms with Crippen LogP contribution >= 0.6 is 0 Å². The number of carboxylic acids is 1. The van der Waals surface area contributed by atoms with E-state index >= 15 is 0 Å². The molecule has 1 aromatic rings. The lowest BCUT2D eigenvalue weighted by Gasteiger charge is -2.28. The summed E-state index contributed by atoms with van der Waals surface area (Å²) in [5.74, 6) is -1.68. The quantitative estimate of drug-likeness (QED) is 0.812. The number of aliphatic carboxylic acids is 1. The van der Waals surface area contributed by atoms with Gasteiger partial charge in [-0.1, -0.05) is 26.0 Å². The lowest BCUT2D eigenvalue weighted by atomic mass is 9.76. The van der Waals surface area contributed by atoms with Crippen LogP contribution < -0.4 is 5.32 Å². The van der Waals surface area contributed by atoms with Crippen LogP contribution in [-0.2, 0) is 16.0 Å². The summed E-state index contributed by atoms with van der Waals surface area (Å²) in [5.41, 5.74) is -0.151. The lowest BCUT2D eigenvalue weighted by Crippen LogP contribution is -2.39. The molecule has 1 unspecified atom stereocenters. The van der Waals surface area contributed by atoms with E-state index in [2.05, 4.69) is 5.32 Å². The number of benzene rings is 1. The van der Waals surface area contributed by atoms with Gasteiger partial charge in [-0.2, -0.15) is 0 Å². The maximum absolute atomic E-state index is 12.7. The molecule has 0 radical (unpaired) electrons. The van der Waals surface area contributed by atoms with E-state index in [-0.39, 0.29) is 24.1 Å². The van der Waals surface area contributed by atoms with Crippen molar-refractivity contribution in [1.82, 2.24) is 5.32 Å². The van der Waals surface area contributed by atoms with Crippen LogP contribution in [0.1, 0.15) is 32.8 Å². The monoisotopic (exact) mass is 295 g/mol. The van der Waals surface area contributed by atoms with E-state index in [1.54, 1.807) is 32.9 Å². The van der Waals surface area contributed by atoms with E-state index in [1.807, 2.05) is 0 Å². The molecule has 0 aliphatic rings. The molecule has 0 heterocycles. The van der Waals surface area contributed by atoms with Gasteiger partial charge in [0.25, 0.3) is 0 Å². The molecule has 1 aromatic carbocycles. The zero-order chi connectivity index (χ0) is 16.0. The van der Waals surface area contributed by atoms with Crippen molar-refractivity contribution in [3.8, 4) is 0 Å². The van der Waals surface area contributed by atoms with Crippen LogP contribution in [0, 0.1) is 17.2 Å². The summed E-state index contributed by atoms with van der Waals surface area (Å²) in [5, 5.41) is 12.0. The summed E-state index contributed by atoms with van der Waals surface area (Å²) in [6.45, 7) is 5.57. The number of carbonyl (C=O) groups is 2. The van der Waals surface area contributed by atoms with Gasteiger partial charge in [0.15, 0.2) is 0 Å². The van der Waals surface area contributed by atoms with Crippen LogP contribution in [0.25, 0.3) is 0 Å². The Labute approximate surface area is 124 Å². The highest BCUT2D eigenvalue weighted by molar-refractivity contribution is 5.84. The van der Waals surface area contributed by atoms with Gasteiger partial charge in [-0.05, 0) is 37.0 Å². The van der Waals surface area contributed by atoms with Gasteiger partial charge >= 0.3 is 5.97 Å². The number of rotatable bonds is 7. The smallest absolute Gasteiger partial charge is 0.310 e. The van der Waals surface area contributed by atoms with Crippen molar-refractivity contribution in [3.63, 3.8) is 0 Å². The van der Waals surface area contributed by atoms with Crippen LogP contribution in [0.2, 0.25) is 0 Å². The van der Waals surface area contributed by atoms with Gasteiger partial charge in [0.05, 0.1) is 5.41 Å². The zero-order valence-corrected chi connectivity index (χ0v) is 12.6. The minimum absolute atomic E-state index is 0.0522. The molecule has 5 heteroatoms. The summed E-state index contributed by atoms with van der Waals surface area (Å²) in [6.07, 6.45) is 0.529. The highest BCUT2D eigenvalue weighted by atomic mass is 19.1. The predicted molar refractivity (Wildman–Crippen MR) is 78.3 cm³/mol. The maximum Gasteiger partial charge on any atom is 0.310 e. The minimum atomic E-state index is -1.07. The topological polar surface area (TPSA) is 66.4 Å². The summed E-state index contributed by atoms with van der Waals surface area (Å²) in [6, 6.07) is 6.07. The van der Waals surface area contributed by atoms with E-state index in [4.69, 9.17) is 0 Å². The van der Waals surface area contributed by atoms with E-state index in [1.165, 1.54) is 12.1 Å². The molecule has 4 nitrogen and oxygen atoms in total. The minimum Gasteiger partial charge on any atom is -0.481 e. The molecule has 116 valence electrons. The third-order valence-corrected chi connectivity index (χ3v) is 3.94. The molecule has 0 spiro atoms. The Bertz CT molecular complexity index is 499. The number of carbonyl (C=O) groups excluding carboxylic acids is 1. The first-order valence-electron chi connectivity index (χ1n) is 7.00. The number of carboxylic acid groups (broad SMARTS) is 1. The highest BCUT2D eigenvalue weighted by Crippen LogP contribution is 2.31. The average molecular weight is 295 g/mol. The maximum atomic E-state index is 12.7. The third-order valence-electron chi connectivity index (χ3n) is 3.94. The number of halogens is 1. The number of hydrogen-bond donors (Lipinski definition) is 2. The van der Waals surface area contributed by atoms with E-state index in [9.17, 15) is 19.1 Å². The van der Waals surface area contributed by atoms with E-state index in [0.29, 0.717) is 13.0 Å². The predicted octanol–water partition coefficient (Wildman–Crippen LogP) is 2.62. The molecule has 21 heavy (non-hydrogen) atoms. The molecule has 0 fully saturated rings. The molecule has 1 amide bonds. The zero-order valence-electron chi connectivity index (χ0n) is 12.6. The van der Waals surface area contributed by atoms with Gasteiger partial charge in [0.2, 0.25) is 5.91 Å². The number of amides is 1. The SMILES string of the molecule is CC(C)C(C)(CC(=O)NCCc1ccc(F)cc1)C(=O)O. The highest BCUT2D eigenvalue weighted by Gasteiger charge is 2.38. The largest absolute Gasteiger partial charge is 0.481 e. The Hall–Kier alpha value is -1.91. The summed E-state index contributed by atoms with van der Waals surface area (Å²) >= 11 is 0. The first-order chi connectivity index (χ1) is 9.75. The Morgan fingerprint density at radius 3 is 2.33 bits per heavy atom. The van der Waals surface area contributed by atoms with Crippen molar-refractivity contribution in [2.45, 2.75) is 33.6 Å². The van der Waals surface area contributed by atoms with E-state index in [0.717, 1.165) is 5.56 Å². The molecule has 0 saturated heterocycles. The van der Waals surface area contributed by atoms with Crippen molar-refractivity contribution >= 4 is 11.9 Å².